The lowest BCUT2D eigenvalue weighted by atomic mass is 10.0. The highest BCUT2D eigenvalue weighted by atomic mass is 16.3. The van der Waals surface area contributed by atoms with Gasteiger partial charge in [-0.05, 0) is 24.6 Å². The number of furan rings is 2. The molecule has 2 heteroatoms. The van der Waals surface area contributed by atoms with Gasteiger partial charge >= 0.3 is 0 Å². The number of hydrogen-bond donors (Lipinski definition) is 0. The molecule has 66 valence electrons. The minimum Gasteiger partial charge on any atom is -0.472 e. The van der Waals surface area contributed by atoms with Crippen molar-refractivity contribution < 1.29 is 8.83 Å². The fourth-order valence-electron chi connectivity index (χ4n) is 1.34. The maximum atomic E-state index is 5.02. The van der Waals surface area contributed by atoms with E-state index < -0.39 is 0 Å². The lowest BCUT2D eigenvalue weighted by Crippen LogP contribution is -1.80. The molecule has 2 aromatic rings. The number of rotatable bonds is 2. The van der Waals surface area contributed by atoms with E-state index >= 15 is 0 Å². The van der Waals surface area contributed by atoms with Gasteiger partial charge in [-0.3, -0.25) is 0 Å². The molecule has 0 atom stereocenters. The molecule has 0 fully saturated rings. The van der Waals surface area contributed by atoms with Crippen LogP contribution in [0.5, 0.6) is 0 Å². The van der Waals surface area contributed by atoms with Crippen LogP contribution >= 0.6 is 0 Å². The van der Waals surface area contributed by atoms with Crippen LogP contribution in [0.25, 0.3) is 5.57 Å². The van der Waals surface area contributed by atoms with Crippen LogP contribution in [0.1, 0.15) is 18.1 Å². The van der Waals surface area contributed by atoms with Crippen LogP contribution in [0.3, 0.4) is 0 Å². The van der Waals surface area contributed by atoms with E-state index in [2.05, 4.69) is 0 Å². The molecular weight excluding hydrogens is 164 g/mol. The van der Waals surface area contributed by atoms with Crippen LogP contribution < -0.4 is 0 Å². The van der Waals surface area contributed by atoms with Gasteiger partial charge in [0, 0.05) is 11.1 Å². The SMILES string of the molecule is CC=C(c1ccoc1)c1ccoc1. The van der Waals surface area contributed by atoms with Gasteiger partial charge in [0.2, 0.25) is 0 Å². The third-order valence-corrected chi connectivity index (χ3v) is 1.95. The monoisotopic (exact) mass is 174 g/mol. The Balaban J connectivity index is 2.42. The Morgan fingerprint density at radius 1 is 1.08 bits per heavy atom. The summed E-state index contributed by atoms with van der Waals surface area (Å²) < 4.78 is 10.0. The van der Waals surface area contributed by atoms with E-state index in [4.69, 9.17) is 8.83 Å². The first-order chi connectivity index (χ1) is 6.42. The van der Waals surface area contributed by atoms with Gasteiger partial charge in [-0.25, -0.2) is 0 Å². The summed E-state index contributed by atoms with van der Waals surface area (Å²) in [5.74, 6) is 0. The fraction of sp³-hybridized carbons (Fsp3) is 0.0909. The van der Waals surface area contributed by atoms with Gasteiger partial charge < -0.3 is 8.83 Å². The van der Waals surface area contributed by atoms with Gasteiger partial charge in [-0.1, -0.05) is 6.08 Å². The smallest absolute Gasteiger partial charge is 0.0981 e. The molecule has 0 saturated carbocycles. The predicted molar refractivity (Wildman–Crippen MR) is 50.2 cm³/mol. The van der Waals surface area contributed by atoms with Gasteiger partial charge in [0.1, 0.15) is 0 Å². The molecule has 2 heterocycles. The van der Waals surface area contributed by atoms with Crippen molar-refractivity contribution in [1.29, 1.82) is 0 Å². The van der Waals surface area contributed by atoms with Crippen molar-refractivity contribution in [3.63, 3.8) is 0 Å². The highest BCUT2D eigenvalue weighted by Crippen LogP contribution is 2.23. The van der Waals surface area contributed by atoms with Crippen molar-refractivity contribution in [2.45, 2.75) is 6.92 Å². The summed E-state index contributed by atoms with van der Waals surface area (Å²) in [4.78, 5) is 0. The van der Waals surface area contributed by atoms with Crippen molar-refractivity contribution >= 4 is 5.57 Å². The van der Waals surface area contributed by atoms with E-state index in [1.807, 2.05) is 25.1 Å². The normalized spacial score (nSPS) is 9.92. The standard InChI is InChI=1S/C11H10O2/c1-2-11(9-3-5-12-7-9)10-4-6-13-8-10/h2-8H,1H3. The van der Waals surface area contributed by atoms with Crippen molar-refractivity contribution in [3.05, 3.63) is 54.4 Å². The lowest BCUT2D eigenvalue weighted by Gasteiger charge is -1.98. The van der Waals surface area contributed by atoms with Gasteiger partial charge in [-0.15, -0.1) is 0 Å². The second-order valence-corrected chi connectivity index (χ2v) is 2.73. The fourth-order valence-corrected chi connectivity index (χ4v) is 1.34. The zero-order valence-corrected chi connectivity index (χ0v) is 7.36. The van der Waals surface area contributed by atoms with E-state index in [0.717, 1.165) is 16.7 Å². The van der Waals surface area contributed by atoms with Gasteiger partial charge in [0.15, 0.2) is 0 Å². The first-order valence-corrected chi connectivity index (χ1v) is 4.13. The Labute approximate surface area is 76.5 Å². The first kappa shape index (κ1) is 7.92. The minimum atomic E-state index is 1.07. The van der Waals surface area contributed by atoms with Crippen LogP contribution in [-0.4, -0.2) is 0 Å². The Morgan fingerprint density at radius 3 is 1.92 bits per heavy atom. The third-order valence-electron chi connectivity index (χ3n) is 1.95. The molecule has 0 aromatic carbocycles. The Bertz CT molecular complexity index is 343. The lowest BCUT2D eigenvalue weighted by molar-refractivity contribution is 0.565. The molecule has 0 amide bonds. The average molecular weight is 174 g/mol. The molecule has 0 N–H and O–H groups in total. The topological polar surface area (TPSA) is 26.3 Å². The van der Waals surface area contributed by atoms with E-state index in [1.165, 1.54) is 0 Å². The molecule has 0 spiro atoms. The quantitative estimate of drug-likeness (QED) is 0.698. The second-order valence-electron chi connectivity index (χ2n) is 2.73. The van der Waals surface area contributed by atoms with E-state index in [1.54, 1.807) is 25.1 Å². The van der Waals surface area contributed by atoms with E-state index in [-0.39, 0.29) is 0 Å². The summed E-state index contributed by atoms with van der Waals surface area (Å²) in [7, 11) is 0. The molecular formula is C11H10O2. The van der Waals surface area contributed by atoms with Crippen LogP contribution in [0.15, 0.2) is 52.1 Å². The summed E-state index contributed by atoms with van der Waals surface area (Å²) in [5.41, 5.74) is 3.27. The van der Waals surface area contributed by atoms with Gasteiger partial charge in [0.05, 0.1) is 25.1 Å². The molecule has 0 bridgehead atoms. The molecule has 2 nitrogen and oxygen atoms in total. The summed E-state index contributed by atoms with van der Waals surface area (Å²) in [6, 6.07) is 3.87. The Kier molecular flexibility index (Phi) is 2.04. The summed E-state index contributed by atoms with van der Waals surface area (Å²) in [5, 5.41) is 0. The predicted octanol–water partition coefficient (Wildman–Crippen LogP) is 3.32. The minimum absolute atomic E-state index is 1.07. The molecule has 0 aliphatic heterocycles. The number of allylic oxidation sites excluding steroid dienone is 1. The maximum Gasteiger partial charge on any atom is 0.0981 e. The van der Waals surface area contributed by atoms with Gasteiger partial charge in [-0.2, -0.15) is 0 Å². The summed E-state index contributed by atoms with van der Waals surface area (Å²) >= 11 is 0. The molecule has 0 aliphatic rings. The average Bonchev–Trinajstić information content (AvgIpc) is 2.76. The highest BCUT2D eigenvalue weighted by molar-refractivity contribution is 5.78. The zero-order chi connectivity index (χ0) is 9.10. The molecule has 0 unspecified atom stereocenters. The largest absolute Gasteiger partial charge is 0.472 e. The second kappa shape index (κ2) is 3.35. The van der Waals surface area contributed by atoms with Gasteiger partial charge in [0.25, 0.3) is 0 Å². The third kappa shape index (κ3) is 1.43. The maximum absolute atomic E-state index is 5.02. The summed E-state index contributed by atoms with van der Waals surface area (Å²) in [6.45, 7) is 2.00. The van der Waals surface area contributed by atoms with E-state index in [0.29, 0.717) is 0 Å². The molecule has 0 aliphatic carbocycles. The first-order valence-electron chi connectivity index (χ1n) is 4.13. The van der Waals surface area contributed by atoms with Crippen molar-refractivity contribution in [2.24, 2.45) is 0 Å². The molecule has 0 radical (unpaired) electrons. The molecule has 2 aromatic heterocycles. The van der Waals surface area contributed by atoms with Crippen LogP contribution in [0.2, 0.25) is 0 Å². The van der Waals surface area contributed by atoms with E-state index in [9.17, 15) is 0 Å². The van der Waals surface area contributed by atoms with Crippen molar-refractivity contribution in [2.75, 3.05) is 0 Å². The van der Waals surface area contributed by atoms with Crippen LogP contribution in [0.4, 0.5) is 0 Å². The number of hydrogen-bond acceptors (Lipinski definition) is 2. The Morgan fingerprint density at radius 2 is 1.62 bits per heavy atom. The molecule has 0 saturated heterocycles. The highest BCUT2D eigenvalue weighted by Gasteiger charge is 2.05. The molecule has 13 heavy (non-hydrogen) atoms. The van der Waals surface area contributed by atoms with Crippen LogP contribution in [0, 0.1) is 0 Å². The molecule has 2 rings (SSSR count). The van der Waals surface area contributed by atoms with Crippen molar-refractivity contribution in [3.8, 4) is 0 Å². The Hall–Kier alpha value is -1.70. The summed E-state index contributed by atoms with van der Waals surface area (Å²) in [6.07, 6.45) is 8.82. The van der Waals surface area contributed by atoms with Crippen LogP contribution in [-0.2, 0) is 0 Å². The zero-order valence-electron chi connectivity index (χ0n) is 7.36. The van der Waals surface area contributed by atoms with Crippen molar-refractivity contribution in [1.82, 2.24) is 0 Å².